The van der Waals surface area contributed by atoms with E-state index >= 15 is 4.39 Å². The number of aromatic nitrogens is 4. The van der Waals surface area contributed by atoms with Gasteiger partial charge in [-0.25, -0.2) is 13.8 Å². The summed E-state index contributed by atoms with van der Waals surface area (Å²) in [6.07, 6.45) is 7.46. The van der Waals surface area contributed by atoms with Crippen LogP contribution in [0, 0.1) is 18.6 Å². The lowest BCUT2D eigenvalue weighted by Crippen LogP contribution is -2.27. The van der Waals surface area contributed by atoms with Gasteiger partial charge in [0, 0.05) is 40.2 Å². The third-order valence-electron chi connectivity index (χ3n) is 7.26. The predicted octanol–water partition coefficient (Wildman–Crippen LogP) is 6.20. The molecule has 1 aliphatic rings. The number of nitrogens with one attached hydrogen (secondary N) is 2. The zero-order valence-electron chi connectivity index (χ0n) is 20.1. The lowest BCUT2D eigenvalue weighted by atomic mass is 9.89. The number of halogens is 2. The molecule has 0 spiro atoms. The number of H-pyrrole nitrogens is 1. The van der Waals surface area contributed by atoms with Gasteiger partial charge in [-0.2, -0.15) is 5.10 Å². The van der Waals surface area contributed by atoms with E-state index in [0.717, 1.165) is 76.0 Å². The summed E-state index contributed by atoms with van der Waals surface area (Å²) >= 11 is 0. The van der Waals surface area contributed by atoms with Crippen molar-refractivity contribution < 1.29 is 8.78 Å². The first-order valence-corrected chi connectivity index (χ1v) is 12.3. The molecule has 0 saturated carbocycles. The van der Waals surface area contributed by atoms with Crippen molar-refractivity contribution in [2.24, 2.45) is 0 Å². The Bertz CT molecular complexity index is 1540. The van der Waals surface area contributed by atoms with Gasteiger partial charge in [0.05, 0.1) is 12.7 Å². The molecule has 3 aromatic heterocycles. The third kappa shape index (κ3) is 4.20. The topological polar surface area (TPSA) is 58.5 Å². The van der Waals surface area contributed by atoms with Crippen LogP contribution in [0.3, 0.4) is 0 Å². The van der Waals surface area contributed by atoms with E-state index in [0.29, 0.717) is 6.54 Å². The minimum Gasteiger partial charge on any atom is -0.346 e. The quantitative estimate of drug-likeness (QED) is 0.313. The Labute approximate surface area is 208 Å². The van der Waals surface area contributed by atoms with Crippen molar-refractivity contribution in [1.82, 2.24) is 25.1 Å². The number of aromatic amines is 1. The molecule has 0 aliphatic carbocycles. The largest absolute Gasteiger partial charge is 0.346 e. The van der Waals surface area contributed by atoms with Crippen molar-refractivity contribution in [1.29, 1.82) is 0 Å². The number of benzene rings is 2. The van der Waals surface area contributed by atoms with E-state index < -0.39 is 0 Å². The van der Waals surface area contributed by atoms with Crippen molar-refractivity contribution in [3.8, 4) is 22.3 Å². The number of hydrogen-bond donors (Lipinski definition) is 2. The van der Waals surface area contributed by atoms with Crippen LogP contribution in [0.25, 0.3) is 33.3 Å². The van der Waals surface area contributed by atoms with Crippen LogP contribution in [0.1, 0.15) is 35.6 Å². The molecule has 2 aromatic carbocycles. The lowest BCUT2D eigenvalue weighted by Gasteiger charge is -2.23. The van der Waals surface area contributed by atoms with Gasteiger partial charge in [-0.15, -0.1) is 0 Å². The second kappa shape index (κ2) is 9.32. The highest BCUT2D eigenvalue weighted by Crippen LogP contribution is 2.34. The van der Waals surface area contributed by atoms with E-state index in [9.17, 15) is 4.39 Å². The second-order valence-corrected chi connectivity index (χ2v) is 9.51. The van der Waals surface area contributed by atoms with Crippen molar-refractivity contribution >= 4 is 11.0 Å². The van der Waals surface area contributed by atoms with Crippen molar-refractivity contribution in [2.75, 3.05) is 13.1 Å². The Morgan fingerprint density at radius 1 is 0.972 bits per heavy atom. The highest BCUT2D eigenvalue weighted by atomic mass is 19.1. The number of fused-ring (bicyclic) bond motifs is 1. The third-order valence-corrected chi connectivity index (χ3v) is 7.26. The van der Waals surface area contributed by atoms with Crippen LogP contribution in [0.5, 0.6) is 0 Å². The second-order valence-electron chi connectivity index (χ2n) is 9.51. The normalized spacial score (nSPS) is 14.5. The van der Waals surface area contributed by atoms with Gasteiger partial charge >= 0.3 is 0 Å². The maximum Gasteiger partial charge on any atom is 0.137 e. The lowest BCUT2D eigenvalue weighted by molar-refractivity contribution is 0.445. The molecule has 5 nitrogen and oxygen atoms in total. The van der Waals surface area contributed by atoms with Gasteiger partial charge in [0.1, 0.15) is 17.3 Å². The molecule has 0 amide bonds. The van der Waals surface area contributed by atoms with Crippen LogP contribution < -0.4 is 5.32 Å². The molecule has 5 aromatic rings. The fourth-order valence-corrected chi connectivity index (χ4v) is 5.23. The van der Waals surface area contributed by atoms with Crippen molar-refractivity contribution in [3.63, 3.8) is 0 Å². The van der Waals surface area contributed by atoms with Gasteiger partial charge in [-0.1, -0.05) is 24.3 Å². The number of nitrogens with zero attached hydrogens (tertiary/aromatic N) is 3. The molecule has 0 atom stereocenters. The summed E-state index contributed by atoms with van der Waals surface area (Å²) < 4.78 is 30.6. The molecule has 1 fully saturated rings. The average Bonchev–Trinajstić information content (AvgIpc) is 3.47. The molecule has 36 heavy (non-hydrogen) atoms. The molecule has 0 radical (unpaired) electrons. The molecule has 1 aliphatic heterocycles. The molecule has 7 heteroatoms. The Morgan fingerprint density at radius 3 is 2.64 bits per heavy atom. The first-order valence-electron chi connectivity index (χ1n) is 12.3. The summed E-state index contributed by atoms with van der Waals surface area (Å²) in [6.45, 7) is 4.35. The summed E-state index contributed by atoms with van der Waals surface area (Å²) in [7, 11) is 0. The summed E-state index contributed by atoms with van der Waals surface area (Å²) in [5.41, 5.74) is 7.02. The molecule has 1 saturated heterocycles. The summed E-state index contributed by atoms with van der Waals surface area (Å²) in [5.74, 6) is -0.139. The fraction of sp³-hybridized carbons (Fsp3) is 0.241. The smallest absolute Gasteiger partial charge is 0.137 e. The monoisotopic (exact) mass is 483 g/mol. The summed E-state index contributed by atoms with van der Waals surface area (Å²) in [6, 6.07) is 14.2. The summed E-state index contributed by atoms with van der Waals surface area (Å²) in [4.78, 5) is 7.85. The first-order chi connectivity index (χ1) is 17.6. The first kappa shape index (κ1) is 22.6. The Balaban J connectivity index is 1.33. The van der Waals surface area contributed by atoms with E-state index in [1.54, 1.807) is 18.3 Å². The minimum atomic E-state index is -0.256. The SMILES string of the molecule is Cc1c(-c2c[nH]c3ncc(-c4ccc(C5CCNCC5)c(F)c4)cc23)cnn1Cc1cccc(F)c1. The van der Waals surface area contributed by atoms with E-state index in [2.05, 4.69) is 26.4 Å². The maximum absolute atomic E-state index is 15.1. The number of pyridine rings is 1. The molecular formula is C29H27F2N5. The van der Waals surface area contributed by atoms with Crippen LogP contribution >= 0.6 is 0 Å². The van der Waals surface area contributed by atoms with Gasteiger partial charge in [-0.05, 0) is 79.7 Å². The molecule has 182 valence electrons. The summed E-state index contributed by atoms with van der Waals surface area (Å²) in [5, 5.41) is 8.84. The van der Waals surface area contributed by atoms with Gasteiger partial charge in [0.15, 0.2) is 0 Å². The predicted molar refractivity (Wildman–Crippen MR) is 138 cm³/mol. The van der Waals surface area contributed by atoms with E-state index in [4.69, 9.17) is 0 Å². The zero-order valence-corrected chi connectivity index (χ0v) is 20.1. The van der Waals surface area contributed by atoms with Crippen LogP contribution in [-0.4, -0.2) is 32.8 Å². The number of piperidine rings is 1. The highest BCUT2D eigenvalue weighted by molar-refractivity contribution is 5.96. The molecule has 0 unspecified atom stereocenters. The van der Waals surface area contributed by atoms with Gasteiger partial charge in [-0.3, -0.25) is 4.68 Å². The van der Waals surface area contributed by atoms with Gasteiger partial charge < -0.3 is 10.3 Å². The van der Waals surface area contributed by atoms with E-state index in [-0.39, 0.29) is 17.6 Å². The van der Waals surface area contributed by atoms with Gasteiger partial charge in [0.2, 0.25) is 0 Å². The zero-order chi connectivity index (χ0) is 24.6. The Hall–Kier alpha value is -3.84. The minimum absolute atomic E-state index is 0.150. The molecular weight excluding hydrogens is 456 g/mol. The van der Waals surface area contributed by atoms with E-state index in [1.807, 2.05) is 42.2 Å². The maximum atomic E-state index is 15.1. The Morgan fingerprint density at radius 2 is 1.83 bits per heavy atom. The molecule has 2 N–H and O–H groups in total. The van der Waals surface area contributed by atoms with E-state index in [1.165, 1.54) is 12.1 Å². The van der Waals surface area contributed by atoms with Crippen molar-refractivity contribution in [3.05, 3.63) is 95.6 Å². The van der Waals surface area contributed by atoms with Crippen molar-refractivity contribution in [2.45, 2.75) is 32.2 Å². The average molecular weight is 484 g/mol. The standard InChI is InChI=1S/C29H27F2N5/c1-18-26(16-35-36(18)17-19-3-2-4-23(30)11-19)27-15-34-29-25(27)12-22(14-33-29)21-5-6-24(28(31)13-21)20-7-9-32-10-8-20/h2-6,11-16,20,32H,7-10,17H2,1H3,(H,33,34). The molecule has 0 bridgehead atoms. The highest BCUT2D eigenvalue weighted by Gasteiger charge is 2.20. The number of hydrogen-bond acceptors (Lipinski definition) is 3. The van der Waals surface area contributed by atoms with Gasteiger partial charge in [0.25, 0.3) is 0 Å². The molecule has 4 heterocycles. The Kier molecular flexibility index (Phi) is 5.85. The number of rotatable bonds is 5. The van der Waals surface area contributed by atoms with Crippen LogP contribution in [0.2, 0.25) is 0 Å². The van der Waals surface area contributed by atoms with Crippen LogP contribution in [0.4, 0.5) is 8.78 Å². The van der Waals surface area contributed by atoms with Crippen LogP contribution in [0.15, 0.2) is 67.1 Å². The fourth-order valence-electron chi connectivity index (χ4n) is 5.23. The molecule has 6 rings (SSSR count). The van der Waals surface area contributed by atoms with Crippen LogP contribution in [-0.2, 0) is 6.54 Å².